The summed E-state index contributed by atoms with van der Waals surface area (Å²) in [5.41, 5.74) is 8.81. The topological polar surface area (TPSA) is 121 Å². The van der Waals surface area contributed by atoms with E-state index in [1.165, 1.54) is 12.1 Å². The van der Waals surface area contributed by atoms with Crippen molar-refractivity contribution in [1.82, 2.24) is 10.3 Å². The van der Waals surface area contributed by atoms with Crippen LogP contribution in [0, 0.1) is 23.1 Å². The molecule has 0 bridgehead atoms. The Kier molecular flexibility index (Phi) is 7.36. The van der Waals surface area contributed by atoms with E-state index in [1.54, 1.807) is 36.4 Å². The monoisotopic (exact) mass is 471 g/mol. The number of hydrogen-bond acceptors (Lipinski definition) is 5. The van der Waals surface area contributed by atoms with Crippen molar-refractivity contribution in [3.8, 4) is 17.3 Å². The van der Waals surface area contributed by atoms with E-state index in [2.05, 4.69) is 16.7 Å². The lowest BCUT2D eigenvalue weighted by molar-refractivity contribution is -0.132. The summed E-state index contributed by atoms with van der Waals surface area (Å²) in [6, 6.07) is 19.1. The highest BCUT2D eigenvalue weighted by atomic mass is 19.1. The van der Waals surface area contributed by atoms with Gasteiger partial charge in [-0.3, -0.25) is 9.59 Å². The number of aromatic nitrogens is 1. The van der Waals surface area contributed by atoms with Gasteiger partial charge in [0.05, 0.1) is 29.2 Å². The maximum atomic E-state index is 13.6. The van der Waals surface area contributed by atoms with Crippen LogP contribution in [0.3, 0.4) is 0 Å². The molecule has 8 heteroatoms. The number of nitrogens with one attached hydrogen (secondary N) is 2. The average molecular weight is 472 g/mol. The fourth-order valence-electron chi connectivity index (χ4n) is 4.52. The first-order valence-electron chi connectivity index (χ1n) is 11.5. The number of pyridine rings is 1. The number of primary amides is 1. The highest BCUT2D eigenvalue weighted by Gasteiger charge is 2.37. The van der Waals surface area contributed by atoms with E-state index in [9.17, 15) is 19.2 Å². The van der Waals surface area contributed by atoms with E-state index in [0.29, 0.717) is 54.1 Å². The third-order valence-electron chi connectivity index (χ3n) is 6.22. The van der Waals surface area contributed by atoms with Crippen LogP contribution >= 0.6 is 0 Å². The summed E-state index contributed by atoms with van der Waals surface area (Å²) in [5, 5.41) is 15.6. The predicted molar refractivity (Wildman–Crippen MR) is 131 cm³/mol. The van der Waals surface area contributed by atoms with Crippen molar-refractivity contribution >= 4 is 17.6 Å². The van der Waals surface area contributed by atoms with Gasteiger partial charge in [0.2, 0.25) is 11.8 Å². The van der Waals surface area contributed by atoms with Gasteiger partial charge in [0.25, 0.3) is 0 Å². The zero-order valence-corrected chi connectivity index (χ0v) is 19.1. The molecule has 0 radical (unpaired) electrons. The molecule has 2 aromatic carbocycles. The van der Waals surface area contributed by atoms with Crippen LogP contribution in [0.1, 0.15) is 35.4 Å². The first-order valence-corrected chi connectivity index (χ1v) is 11.5. The Bertz CT molecular complexity index is 1290. The standard InChI is InChI=1S/C27H26FN5O2/c28-19-7-3-5-17(15-19)12-14-31-26-21(24(25(30)34)22-9-4-13-32-27(22)35)10-11-23(33-26)20-8-2-1-6-18(20)16-29/h1-3,5-8,10-11,15,22,24H,4,9,12-14H2,(H2,30,34)(H,31,33)(H,32,35). The largest absolute Gasteiger partial charge is 0.369 e. The van der Waals surface area contributed by atoms with Gasteiger partial charge in [-0.05, 0) is 49.1 Å². The van der Waals surface area contributed by atoms with E-state index in [0.717, 1.165) is 12.0 Å². The smallest absolute Gasteiger partial charge is 0.225 e. The van der Waals surface area contributed by atoms with Gasteiger partial charge in [-0.2, -0.15) is 5.26 Å². The van der Waals surface area contributed by atoms with Crippen LogP contribution in [0.15, 0.2) is 60.7 Å². The number of anilines is 1. The van der Waals surface area contributed by atoms with Crippen LogP contribution in [0.4, 0.5) is 10.2 Å². The number of nitrogens with two attached hydrogens (primary N) is 1. The number of carbonyl (C=O) groups excluding carboxylic acids is 2. The molecule has 1 aromatic heterocycles. The molecule has 1 saturated heterocycles. The van der Waals surface area contributed by atoms with Crippen molar-refractivity contribution in [3.05, 3.63) is 83.2 Å². The number of nitriles is 1. The maximum absolute atomic E-state index is 13.6. The van der Waals surface area contributed by atoms with E-state index in [1.807, 2.05) is 12.1 Å². The molecule has 0 saturated carbocycles. The zero-order valence-electron chi connectivity index (χ0n) is 19.1. The third-order valence-corrected chi connectivity index (χ3v) is 6.22. The van der Waals surface area contributed by atoms with Gasteiger partial charge in [0.15, 0.2) is 0 Å². The number of benzene rings is 2. The minimum atomic E-state index is -0.861. The zero-order chi connectivity index (χ0) is 24.8. The molecule has 3 aromatic rings. The summed E-state index contributed by atoms with van der Waals surface area (Å²) in [7, 11) is 0. The maximum Gasteiger partial charge on any atom is 0.225 e. The Morgan fingerprint density at radius 2 is 2.06 bits per heavy atom. The number of hydrogen-bond donors (Lipinski definition) is 3. The van der Waals surface area contributed by atoms with Gasteiger partial charge in [-0.1, -0.05) is 36.4 Å². The molecule has 1 aliphatic rings. The van der Waals surface area contributed by atoms with Gasteiger partial charge in [0, 0.05) is 24.2 Å². The minimum absolute atomic E-state index is 0.204. The number of rotatable bonds is 8. The van der Waals surface area contributed by atoms with Crippen LogP contribution < -0.4 is 16.4 Å². The first kappa shape index (κ1) is 23.9. The molecule has 0 aliphatic carbocycles. The summed E-state index contributed by atoms with van der Waals surface area (Å²) in [6.45, 7) is 0.983. The third kappa shape index (κ3) is 5.46. The molecule has 2 amide bonds. The number of halogens is 1. The van der Waals surface area contributed by atoms with E-state index < -0.39 is 17.7 Å². The van der Waals surface area contributed by atoms with Gasteiger partial charge in [-0.25, -0.2) is 9.37 Å². The molecular weight excluding hydrogens is 445 g/mol. The van der Waals surface area contributed by atoms with Crippen molar-refractivity contribution in [1.29, 1.82) is 5.26 Å². The van der Waals surface area contributed by atoms with Crippen molar-refractivity contribution in [2.24, 2.45) is 11.7 Å². The molecule has 4 rings (SSSR count). The lowest BCUT2D eigenvalue weighted by Gasteiger charge is -2.29. The van der Waals surface area contributed by atoms with Crippen molar-refractivity contribution in [3.63, 3.8) is 0 Å². The molecule has 2 atom stereocenters. The molecule has 2 heterocycles. The second kappa shape index (κ2) is 10.8. The van der Waals surface area contributed by atoms with E-state index in [4.69, 9.17) is 10.7 Å². The quantitative estimate of drug-likeness (QED) is 0.464. The molecule has 0 spiro atoms. The Morgan fingerprint density at radius 1 is 1.23 bits per heavy atom. The van der Waals surface area contributed by atoms with Crippen LogP contribution in [0.5, 0.6) is 0 Å². The Morgan fingerprint density at radius 3 is 2.80 bits per heavy atom. The number of amides is 2. The molecular formula is C27H26FN5O2. The Labute approximate surface area is 203 Å². The molecule has 2 unspecified atom stereocenters. The average Bonchev–Trinajstić information content (AvgIpc) is 2.86. The van der Waals surface area contributed by atoms with Gasteiger partial charge >= 0.3 is 0 Å². The summed E-state index contributed by atoms with van der Waals surface area (Å²) >= 11 is 0. The van der Waals surface area contributed by atoms with Crippen LogP contribution in [-0.2, 0) is 16.0 Å². The van der Waals surface area contributed by atoms with Gasteiger partial charge in [0.1, 0.15) is 11.6 Å². The van der Waals surface area contributed by atoms with Crippen molar-refractivity contribution < 1.29 is 14.0 Å². The summed E-state index contributed by atoms with van der Waals surface area (Å²) in [6.07, 6.45) is 1.81. The second-order valence-electron chi connectivity index (χ2n) is 8.52. The lowest BCUT2D eigenvalue weighted by atomic mass is 9.80. The van der Waals surface area contributed by atoms with Crippen LogP contribution in [-0.4, -0.2) is 29.9 Å². The fourth-order valence-corrected chi connectivity index (χ4v) is 4.52. The van der Waals surface area contributed by atoms with Gasteiger partial charge < -0.3 is 16.4 Å². The lowest BCUT2D eigenvalue weighted by Crippen LogP contribution is -2.43. The molecule has 4 N–H and O–H groups in total. The molecule has 178 valence electrons. The SMILES string of the molecule is N#Cc1ccccc1-c1ccc(C(C(N)=O)C2CCCNC2=O)c(NCCc2cccc(F)c2)n1. The van der Waals surface area contributed by atoms with Crippen LogP contribution in [0.25, 0.3) is 11.3 Å². The van der Waals surface area contributed by atoms with Crippen molar-refractivity contribution in [2.45, 2.75) is 25.2 Å². The predicted octanol–water partition coefficient (Wildman–Crippen LogP) is 3.51. The molecule has 7 nitrogen and oxygen atoms in total. The normalized spacial score (nSPS) is 16.1. The van der Waals surface area contributed by atoms with Crippen LogP contribution in [0.2, 0.25) is 0 Å². The number of piperidine rings is 1. The fraction of sp³-hybridized carbons (Fsp3) is 0.259. The Balaban J connectivity index is 1.72. The molecule has 1 fully saturated rings. The Hall–Kier alpha value is -4.25. The summed E-state index contributed by atoms with van der Waals surface area (Å²) < 4.78 is 13.6. The first-order chi connectivity index (χ1) is 17.0. The van der Waals surface area contributed by atoms with E-state index in [-0.39, 0.29) is 11.7 Å². The van der Waals surface area contributed by atoms with E-state index >= 15 is 0 Å². The summed E-state index contributed by atoms with van der Waals surface area (Å²) in [4.78, 5) is 29.9. The number of nitrogens with zero attached hydrogens (tertiary/aromatic N) is 2. The number of carbonyl (C=O) groups is 2. The molecule has 35 heavy (non-hydrogen) atoms. The summed E-state index contributed by atoms with van der Waals surface area (Å²) in [5.74, 6) is -2.16. The van der Waals surface area contributed by atoms with Crippen molar-refractivity contribution in [2.75, 3.05) is 18.4 Å². The molecule has 1 aliphatic heterocycles. The minimum Gasteiger partial charge on any atom is -0.369 e. The highest BCUT2D eigenvalue weighted by Crippen LogP contribution is 2.35. The highest BCUT2D eigenvalue weighted by molar-refractivity contribution is 5.92. The second-order valence-corrected chi connectivity index (χ2v) is 8.52. The van der Waals surface area contributed by atoms with Gasteiger partial charge in [-0.15, -0.1) is 0 Å².